The lowest BCUT2D eigenvalue weighted by Crippen LogP contribution is -2.01. The second-order valence-electron chi connectivity index (χ2n) is 2.44. The molecule has 0 heterocycles. The van der Waals surface area contributed by atoms with Crippen LogP contribution in [0.1, 0.15) is 19.8 Å². The summed E-state index contributed by atoms with van der Waals surface area (Å²) >= 11 is 16.5. The van der Waals surface area contributed by atoms with Crippen LogP contribution in [0.2, 0.25) is 0 Å². The van der Waals surface area contributed by atoms with E-state index in [1.807, 2.05) is 0 Å². The molecule has 0 bridgehead atoms. The highest BCUT2D eigenvalue weighted by molar-refractivity contribution is 6.59. The van der Waals surface area contributed by atoms with Crippen molar-refractivity contribution in [1.29, 1.82) is 0 Å². The van der Waals surface area contributed by atoms with Crippen LogP contribution >= 0.6 is 34.8 Å². The third kappa shape index (κ3) is 4.86. The summed E-state index contributed by atoms with van der Waals surface area (Å²) in [4.78, 5) is 10.2. The largest absolute Gasteiger partial charge is 0.481 e. The number of hydrogen-bond acceptors (Lipinski definition) is 1. The van der Waals surface area contributed by atoms with Crippen molar-refractivity contribution in [2.24, 2.45) is 5.92 Å². The van der Waals surface area contributed by atoms with E-state index < -0.39 is 5.97 Å². The maximum atomic E-state index is 10.2. The molecule has 0 aliphatic carbocycles. The fourth-order valence-corrected chi connectivity index (χ4v) is 1.13. The summed E-state index contributed by atoms with van der Waals surface area (Å²) in [5, 5.41) is 8.68. The molecule has 1 N–H and O–H groups in total. The Morgan fingerprint density at radius 2 is 1.92 bits per heavy atom. The lowest BCUT2D eigenvalue weighted by atomic mass is 10.1. The molecule has 0 aromatic heterocycles. The predicted octanol–water partition coefficient (Wildman–Crippen LogP) is 3.37. The smallest absolute Gasteiger partial charge is 0.303 e. The average molecular weight is 232 g/mol. The molecule has 0 aromatic rings. The van der Waals surface area contributed by atoms with Gasteiger partial charge in [-0.25, -0.2) is 0 Å². The molecule has 0 saturated carbocycles. The molecule has 0 aliphatic heterocycles. The van der Waals surface area contributed by atoms with Crippen LogP contribution in [-0.2, 0) is 4.79 Å². The van der Waals surface area contributed by atoms with E-state index in [9.17, 15) is 4.79 Å². The zero-order valence-electron chi connectivity index (χ0n) is 6.48. The Morgan fingerprint density at radius 1 is 1.42 bits per heavy atom. The van der Waals surface area contributed by atoms with Gasteiger partial charge in [-0.15, -0.1) is 0 Å². The zero-order chi connectivity index (χ0) is 9.72. The van der Waals surface area contributed by atoms with Crippen molar-refractivity contribution in [2.45, 2.75) is 19.8 Å². The number of hydrogen-bond donors (Lipinski definition) is 1. The lowest BCUT2D eigenvalue weighted by molar-refractivity contribution is -0.137. The van der Waals surface area contributed by atoms with Gasteiger partial charge in [-0.2, -0.15) is 0 Å². The molecule has 12 heavy (non-hydrogen) atoms. The fourth-order valence-electron chi connectivity index (χ4n) is 0.653. The highest BCUT2D eigenvalue weighted by Gasteiger charge is 2.11. The number of allylic oxidation sites excluding steroid dienone is 1. The Hall–Kier alpha value is 0.0800. The molecule has 0 radical (unpaired) electrons. The van der Waals surface area contributed by atoms with Crippen molar-refractivity contribution in [3.63, 3.8) is 0 Å². The van der Waals surface area contributed by atoms with Gasteiger partial charge in [0.05, 0.1) is 5.03 Å². The van der Waals surface area contributed by atoms with E-state index in [1.54, 1.807) is 6.92 Å². The van der Waals surface area contributed by atoms with Crippen molar-refractivity contribution in [3.8, 4) is 0 Å². The van der Waals surface area contributed by atoms with Crippen molar-refractivity contribution in [2.75, 3.05) is 0 Å². The normalized spacial score (nSPS) is 12.3. The summed E-state index contributed by atoms with van der Waals surface area (Å²) in [6.07, 6.45) is 0.509. The van der Waals surface area contributed by atoms with E-state index in [2.05, 4.69) is 0 Å². The number of carboxylic acid groups (broad SMARTS) is 1. The van der Waals surface area contributed by atoms with Crippen LogP contribution in [0.4, 0.5) is 0 Å². The Labute approximate surface area is 86.1 Å². The minimum absolute atomic E-state index is 0.00885. The van der Waals surface area contributed by atoms with Gasteiger partial charge >= 0.3 is 5.97 Å². The third-order valence-electron chi connectivity index (χ3n) is 1.40. The molecular formula is C7H9Cl3O2. The Kier molecular flexibility index (Phi) is 5.72. The number of aliphatic carboxylic acids is 1. The molecule has 0 aliphatic rings. The molecule has 0 saturated heterocycles. The van der Waals surface area contributed by atoms with E-state index in [0.29, 0.717) is 11.5 Å². The highest BCUT2D eigenvalue weighted by atomic mass is 35.5. The van der Waals surface area contributed by atoms with Crippen LogP contribution in [0, 0.1) is 5.92 Å². The van der Waals surface area contributed by atoms with E-state index in [-0.39, 0.29) is 16.8 Å². The van der Waals surface area contributed by atoms with E-state index in [4.69, 9.17) is 39.9 Å². The first kappa shape index (κ1) is 12.1. The standard InChI is InChI=1S/C7H9Cl3O2/c1-4(2-3-5(11)12)6(8)7(9)10/h4H,2-3H2,1H3,(H,11,12). The fraction of sp³-hybridized carbons (Fsp3) is 0.571. The minimum Gasteiger partial charge on any atom is -0.481 e. The van der Waals surface area contributed by atoms with Gasteiger partial charge in [0, 0.05) is 6.42 Å². The summed E-state index contributed by atoms with van der Waals surface area (Å²) in [5.74, 6) is -0.954. The number of carboxylic acids is 1. The molecule has 70 valence electrons. The number of halogens is 3. The van der Waals surface area contributed by atoms with Gasteiger partial charge in [0.2, 0.25) is 0 Å². The summed E-state index contributed by atoms with van der Waals surface area (Å²) in [6, 6.07) is 0. The highest BCUT2D eigenvalue weighted by Crippen LogP contribution is 2.27. The molecule has 0 fully saturated rings. The predicted molar refractivity (Wildman–Crippen MR) is 50.6 cm³/mol. The first-order valence-corrected chi connectivity index (χ1v) is 4.51. The zero-order valence-corrected chi connectivity index (χ0v) is 8.75. The monoisotopic (exact) mass is 230 g/mol. The number of carbonyl (C=O) groups is 1. The van der Waals surface area contributed by atoms with Gasteiger partial charge in [-0.3, -0.25) is 4.79 Å². The summed E-state index contributed by atoms with van der Waals surface area (Å²) < 4.78 is 0.00885. The first-order valence-electron chi connectivity index (χ1n) is 3.37. The second kappa shape index (κ2) is 5.68. The maximum absolute atomic E-state index is 10.2. The van der Waals surface area contributed by atoms with E-state index in [0.717, 1.165) is 0 Å². The van der Waals surface area contributed by atoms with Crippen molar-refractivity contribution < 1.29 is 9.90 Å². The van der Waals surface area contributed by atoms with Crippen LogP contribution < -0.4 is 0 Å². The van der Waals surface area contributed by atoms with Crippen LogP contribution in [0.25, 0.3) is 0 Å². The second-order valence-corrected chi connectivity index (χ2v) is 3.80. The molecule has 0 amide bonds. The van der Waals surface area contributed by atoms with Crippen molar-refractivity contribution in [3.05, 3.63) is 9.52 Å². The van der Waals surface area contributed by atoms with Gasteiger partial charge in [-0.05, 0) is 12.3 Å². The SMILES string of the molecule is CC(CCC(=O)O)C(Cl)=C(Cl)Cl. The molecule has 1 atom stereocenters. The Morgan fingerprint density at radius 3 is 2.25 bits per heavy atom. The number of rotatable bonds is 4. The van der Waals surface area contributed by atoms with Crippen molar-refractivity contribution in [1.82, 2.24) is 0 Å². The summed E-state index contributed by atoms with van der Waals surface area (Å²) in [7, 11) is 0. The van der Waals surface area contributed by atoms with Crippen molar-refractivity contribution >= 4 is 40.8 Å². The molecule has 0 aromatic carbocycles. The lowest BCUT2D eigenvalue weighted by Gasteiger charge is -2.07. The van der Waals surface area contributed by atoms with Gasteiger partial charge in [0.15, 0.2) is 0 Å². The van der Waals surface area contributed by atoms with Crippen LogP contribution in [0.5, 0.6) is 0 Å². The summed E-state index contributed by atoms with van der Waals surface area (Å²) in [6.45, 7) is 1.77. The molecular weight excluding hydrogens is 222 g/mol. The molecule has 5 heteroatoms. The third-order valence-corrected chi connectivity index (χ3v) is 2.57. The van der Waals surface area contributed by atoms with E-state index >= 15 is 0 Å². The van der Waals surface area contributed by atoms with Gasteiger partial charge in [0.25, 0.3) is 0 Å². The Bertz CT molecular complexity index is 197. The summed E-state index contributed by atoms with van der Waals surface area (Å²) in [5.41, 5.74) is 0. The van der Waals surface area contributed by atoms with Gasteiger partial charge < -0.3 is 5.11 Å². The van der Waals surface area contributed by atoms with Gasteiger partial charge in [0.1, 0.15) is 4.49 Å². The Balaban J connectivity index is 3.97. The molecule has 2 nitrogen and oxygen atoms in total. The average Bonchev–Trinajstić information content (AvgIpc) is 1.98. The van der Waals surface area contributed by atoms with Crippen LogP contribution in [0.15, 0.2) is 9.52 Å². The quantitative estimate of drug-likeness (QED) is 0.805. The maximum Gasteiger partial charge on any atom is 0.303 e. The van der Waals surface area contributed by atoms with Crippen LogP contribution in [0.3, 0.4) is 0 Å². The van der Waals surface area contributed by atoms with Crippen LogP contribution in [-0.4, -0.2) is 11.1 Å². The first-order chi connectivity index (χ1) is 5.45. The molecule has 1 unspecified atom stereocenters. The molecule has 0 spiro atoms. The minimum atomic E-state index is -0.850. The molecule has 0 rings (SSSR count). The van der Waals surface area contributed by atoms with Gasteiger partial charge in [-0.1, -0.05) is 41.7 Å². The van der Waals surface area contributed by atoms with E-state index in [1.165, 1.54) is 0 Å². The topological polar surface area (TPSA) is 37.3 Å².